The summed E-state index contributed by atoms with van der Waals surface area (Å²) in [6.07, 6.45) is 5.62. The maximum absolute atomic E-state index is 12.9. The van der Waals surface area contributed by atoms with Crippen molar-refractivity contribution >= 4 is 118 Å². The number of aryl methyl sites for hydroxylation is 2. The Bertz CT molecular complexity index is 3480. The number of hydrogen-bond acceptors (Lipinski definition) is 20. The molecule has 0 bridgehead atoms. The average Bonchev–Trinajstić information content (AvgIpc) is 0.837. The standard InChI is InChI=1S/C28H42F3NO4.5C11H19NO4.2C6H12O.CH4/c1-20-17-21(19-22(18-20)28(29,30)31)13-11-9-7-5-6-8-10-12-14-25(34)32-23(26(35)36)15-16-24(33)27(2,3)4;5*1-7(13)12-8(10(15)16)5-6-9(14)11(2,3)4;2*1-5(7)6(2,3)4;/h17-19,23H,5-16H2,1-4H3,(H,32,34)(H,35,36);5*8H,5-6H2,1-4H3,(H,12,13)(H,15,16);2*1-4H3;1H4/t23-;5*8-;;;/m000000.../s1. The summed E-state index contributed by atoms with van der Waals surface area (Å²) in [5, 5.41) is 67.4. The molecule has 0 saturated heterocycles. The molecule has 6 atom stereocenters. The second-order valence-electron chi connectivity index (χ2n) is 40.3. The average molecular weight is 1880 g/mol. The van der Waals surface area contributed by atoms with Crippen LogP contribution in [0, 0.1) is 50.2 Å². The normalized spacial score (nSPS) is 12.7. The molecule has 32 nitrogen and oxygen atoms in total. The summed E-state index contributed by atoms with van der Waals surface area (Å²) in [7, 11) is 0. The van der Waals surface area contributed by atoms with Gasteiger partial charge < -0.3 is 62.5 Å². The fourth-order valence-corrected chi connectivity index (χ4v) is 9.79. The van der Waals surface area contributed by atoms with E-state index in [4.69, 9.17) is 25.5 Å². The quantitative estimate of drug-likeness (QED) is 0.0271. The van der Waals surface area contributed by atoms with Gasteiger partial charge in [-0.2, -0.15) is 13.2 Å². The van der Waals surface area contributed by atoms with Crippen molar-refractivity contribution in [1.29, 1.82) is 0 Å². The van der Waals surface area contributed by atoms with Crippen LogP contribution >= 0.6 is 0 Å². The number of alkyl halides is 3. The topological polar surface area (TPSA) is 535 Å². The first kappa shape index (κ1) is 136. The van der Waals surface area contributed by atoms with Crippen molar-refractivity contribution in [2.75, 3.05) is 0 Å². The van der Waals surface area contributed by atoms with Crippen LogP contribution in [-0.4, -0.2) is 184 Å². The van der Waals surface area contributed by atoms with Crippen LogP contribution < -0.4 is 31.9 Å². The predicted octanol–water partition coefficient (Wildman–Crippen LogP) is 15.8. The van der Waals surface area contributed by atoms with Gasteiger partial charge in [0.2, 0.25) is 35.4 Å². The van der Waals surface area contributed by atoms with E-state index >= 15 is 0 Å². The Morgan fingerprint density at radius 3 is 0.603 bits per heavy atom. The fourth-order valence-electron chi connectivity index (χ4n) is 9.79. The van der Waals surface area contributed by atoms with Crippen molar-refractivity contribution in [3.8, 4) is 0 Å². The van der Waals surface area contributed by atoms with Gasteiger partial charge in [0.15, 0.2) is 0 Å². The number of carbonyl (C=O) groups is 20. The zero-order chi connectivity index (χ0) is 104. The molecule has 0 fully saturated rings. The van der Waals surface area contributed by atoms with Crippen molar-refractivity contribution in [3.63, 3.8) is 0 Å². The van der Waals surface area contributed by atoms with Crippen LogP contribution in [0.1, 0.15) is 374 Å². The van der Waals surface area contributed by atoms with E-state index in [0.717, 1.165) is 50.5 Å². The number of carbonyl (C=O) groups excluding carboxylic acids is 14. The molecule has 0 spiro atoms. The number of rotatable bonds is 41. The molecule has 6 amide bonds. The van der Waals surface area contributed by atoms with Crippen LogP contribution in [0.3, 0.4) is 0 Å². The van der Waals surface area contributed by atoms with Gasteiger partial charge in [-0.1, -0.05) is 224 Å². The van der Waals surface area contributed by atoms with E-state index < -0.39 is 146 Å². The Labute approximate surface area is 776 Å². The lowest BCUT2D eigenvalue weighted by atomic mass is 9.87. The van der Waals surface area contributed by atoms with E-state index in [0.29, 0.717) is 18.4 Å². The molecule has 1 aromatic rings. The third kappa shape index (κ3) is 77.3. The summed E-state index contributed by atoms with van der Waals surface area (Å²) in [5.74, 6) is -8.64. The van der Waals surface area contributed by atoms with E-state index in [9.17, 15) is 114 Å². The molecule has 756 valence electrons. The number of carboxylic acids is 6. The number of hydrogen-bond donors (Lipinski definition) is 12. The van der Waals surface area contributed by atoms with Gasteiger partial charge in [-0.15, -0.1) is 0 Å². The lowest BCUT2D eigenvalue weighted by Gasteiger charge is -2.19. The largest absolute Gasteiger partial charge is 0.480 e. The molecular formula is C96H165F3N6O26. The molecule has 131 heavy (non-hydrogen) atoms. The highest BCUT2D eigenvalue weighted by Crippen LogP contribution is 2.32. The highest BCUT2D eigenvalue weighted by atomic mass is 19.4. The zero-order valence-electron chi connectivity index (χ0n) is 83.7. The first-order valence-electron chi connectivity index (χ1n) is 43.7. The smallest absolute Gasteiger partial charge is 0.416 e. The SMILES string of the molecule is C.CC(=O)C(C)(C)C.CC(=O)C(C)(C)C.CC(=O)N[C@@H](CCC(=O)C(C)(C)C)C(=O)O.CC(=O)N[C@@H](CCC(=O)C(C)(C)C)C(=O)O.CC(=O)N[C@@H](CCC(=O)C(C)(C)C)C(=O)O.CC(=O)N[C@@H](CCC(=O)C(C)(C)C)C(=O)O.CC(=O)N[C@@H](CCC(=O)C(C)(C)C)C(=O)O.Cc1cc(CCCCCCCCCCC(=O)N[C@@H](CCC(=O)C(C)(C)C)C(=O)O)cc(C(F)(F)F)c1. The Morgan fingerprint density at radius 2 is 0.443 bits per heavy atom. The van der Waals surface area contributed by atoms with E-state index in [1.807, 2.05) is 47.6 Å². The molecule has 0 unspecified atom stereocenters. The predicted molar refractivity (Wildman–Crippen MR) is 496 cm³/mol. The van der Waals surface area contributed by atoms with Crippen molar-refractivity contribution in [2.45, 2.75) is 413 Å². The lowest BCUT2D eigenvalue weighted by molar-refractivity contribution is -0.142. The maximum Gasteiger partial charge on any atom is 0.416 e. The highest BCUT2D eigenvalue weighted by Gasteiger charge is 2.34. The molecule has 0 radical (unpaired) electrons. The first-order valence-corrected chi connectivity index (χ1v) is 43.7. The number of aliphatic carboxylic acids is 6. The third-order valence-corrected chi connectivity index (χ3v) is 19.2. The van der Waals surface area contributed by atoms with E-state index in [2.05, 4.69) is 31.9 Å². The minimum absolute atomic E-state index is 0. The molecule has 0 aromatic heterocycles. The summed E-state index contributed by atoms with van der Waals surface area (Å²) in [6, 6.07) is -1.73. The lowest BCUT2D eigenvalue weighted by Crippen LogP contribution is -2.41. The van der Waals surface area contributed by atoms with E-state index in [1.54, 1.807) is 145 Å². The molecular weight excluding hydrogens is 1710 g/mol. The molecule has 1 aromatic carbocycles. The molecule has 0 aliphatic rings. The van der Waals surface area contributed by atoms with Crippen LogP contribution in [0.2, 0.25) is 0 Å². The van der Waals surface area contributed by atoms with Gasteiger partial charge in [-0.05, 0) is 96.3 Å². The number of Topliss-reactive ketones (excluding diaryl/α,β-unsaturated/α-hetero) is 8. The monoisotopic (exact) mass is 1880 g/mol. The summed E-state index contributed by atoms with van der Waals surface area (Å²) >= 11 is 0. The third-order valence-electron chi connectivity index (χ3n) is 19.2. The van der Waals surface area contributed by atoms with Gasteiger partial charge in [0.1, 0.15) is 82.5 Å². The molecule has 12 N–H and O–H groups in total. The van der Waals surface area contributed by atoms with Gasteiger partial charge in [0.05, 0.1) is 5.56 Å². The maximum atomic E-state index is 12.9. The number of nitrogens with one attached hydrogen (secondary N) is 6. The highest BCUT2D eigenvalue weighted by molar-refractivity contribution is 5.91. The van der Waals surface area contributed by atoms with Crippen molar-refractivity contribution in [3.05, 3.63) is 34.9 Å². The summed E-state index contributed by atoms with van der Waals surface area (Å²) < 4.78 is 38.8. The van der Waals surface area contributed by atoms with Crippen LogP contribution in [0.4, 0.5) is 13.2 Å². The molecule has 1 rings (SSSR count). The van der Waals surface area contributed by atoms with E-state index in [-0.39, 0.29) is 154 Å². The number of amides is 6. The number of halogens is 3. The Kier molecular flexibility index (Phi) is 67.5. The first-order chi connectivity index (χ1) is 58.3. The number of benzene rings is 1. The summed E-state index contributed by atoms with van der Waals surface area (Å²) in [5.41, 5.74) is -2.40. The van der Waals surface area contributed by atoms with Crippen LogP contribution in [0.25, 0.3) is 0 Å². The molecule has 0 aliphatic heterocycles. The second kappa shape index (κ2) is 64.8. The van der Waals surface area contributed by atoms with Crippen LogP contribution in [0.5, 0.6) is 0 Å². The minimum atomic E-state index is -4.31. The number of carboxylic acid groups (broad SMARTS) is 6. The Hall–Kier alpha value is -9.99. The summed E-state index contributed by atoms with van der Waals surface area (Å²) in [4.78, 5) is 222. The molecule has 0 heterocycles. The van der Waals surface area contributed by atoms with Gasteiger partial charge in [-0.3, -0.25) is 67.1 Å². The molecule has 0 saturated carbocycles. The Morgan fingerprint density at radius 1 is 0.267 bits per heavy atom. The van der Waals surface area contributed by atoms with Crippen LogP contribution in [0.15, 0.2) is 18.2 Å². The van der Waals surface area contributed by atoms with Crippen LogP contribution in [-0.2, 0) is 108 Å². The van der Waals surface area contributed by atoms with E-state index in [1.165, 1.54) is 46.8 Å². The van der Waals surface area contributed by atoms with Gasteiger partial charge >= 0.3 is 42.0 Å². The molecule has 35 heteroatoms. The second-order valence-corrected chi connectivity index (χ2v) is 40.3. The van der Waals surface area contributed by atoms with Crippen molar-refractivity contribution < 1.29 is 140 Å². The van der Waals surface area contributed by atoms with Crippen molar-refractivity contribution in [1.82, 2.24) is 31.9 Å². The van der Waals surface area contributed by atoms with Crippen molar-refractivity contribution in [2.24, 2.45) is 43.3 Å². The molecule has 0 aliphatic carbocycles. The number of unbranched alkanes of at least 4 members (excludes halogenated alkanes) is 7. The minimum Gasteiger partial charge on any atom is -0.480 e. The van der Waals surface area contributed by atoms with Gasteiger partial charge in [0, 0.05) is 123 Å². The zero-order valence-corrected chi connectivity index (χ0v) is 83.7. The van der Waals surface area contributed by atoms with Gasteiger partial charge in [-0.25, -0.2) is 28.8 Å². The van der Waals surface area contributed by atoms with Gasteiger partial charge in [0.25, 0.3) is 0 Å². The fraction of sp³-hybridized carbons (Fsp3) is 0.729. The number of ketones is 8. The summed E-state index contributed by atoms with van der Waals surface area (Å²) in [6.45, 7) is 54.7. The Balaban J connectivity index is -0.000000231.